The van der Waals surface area contributed by atoms with Gasteiger partial charge in [0.25, 0.3) is 0 Å². The fourth-order valence-corrected chi connectivity index (χ4v) is 5.81. The second-order valence-electron chi connectivity index (χ2n) is 5.50. The van der Waals surface area contributed by atoms with Crippen LogP contribution in [0.1, 0.15) is 58.3 Å². The van der Waals surface area contributed by atoms with E-state index in [0.29, 0.717) is 12.8 Å². The van der Waals surface area contributed by atoms with Crippen LogP contribution in [0.3, 0.4) is 0 Å². The monoisotopic (exact) mass is 246 g/mol. The lowest BCUT2D eigenvalue weighted by atomic mass is 9.88. The van der Waals surface area contributed by atoms with Crippen molar-refractivity contribution in [3.63, 3.8) is 0 Å². The Hall–Kier alpha value is -0.0900. The molecule has 0 aromatic heterocycles. The van der Waals surface area contributed by atoms with Gasteiger partial charge in [-0.05, 0) is 32.1 Å². The van der Waals surface area contributed by atoms with E-state index in [-0.39, 0.29) is 10.5 Å². The van der Waals surface area contributed by atoms with Crippen LogP contribution in [-0.4, -0.2) is 29.6 Å². The van der Waals surface area contributed by atoms with E-state index in [2.05, 4.69) is 6.92 Å². The van der Waals surface area contributed by atoms with Crippen molar-refractivity contribution in [1.29, 1.82) is 0 Å². The standard InChI is InChI=1S/C12H22O3S/c1-2-3-4-7-12(13)8-10-5-6-11(9-12)16(10,14)15/h10-11,13H,2-9H2,1H3. The second kappa shape index (κ2) is 4.30. The average molecular weight is 246 g/mol. The summed E-state index contributed by atoms with van der Waals surface area (Å²) in [7, 11) is -2.89. The summed E-state index contributed by atoms with van der Waals surface area (Å²) in [4.78, 5) is 0. The SMILES string of the molecule is CCCCCC1(O)CC2CCC(C1)S2(=O)=O. The topological polar surface area (TPSA) is 54.4 Å². The van der Waals surface area contributed by atoms with Gasteiger partial charge in [0.2, 0.25) is 0 Å². The van der Waals surface area contributed by atoms with Gasteiger partial charge in [0.15, 0.2) is 9.84 Å². The maximum atomic E-state index is 11.9. The Morgan fingerprint density at radius 1 is 1.19 bits per heavy atom. The Labute approximate surface area is 98.2 Å². The fourth-order valence-electron chi connectivity index (χ4n) is 3.25. The van der Waals surface area contributed by atoms with Gasteiger partial charge < -0.3 is 5.11 Å². The number of aliphatic hydroxyl groups is 1. The van der Waals surface area contributed by atoms with Gasteiger partial charge in [-0.15, -0.1) is 0 Å². The van der Waals surface area contributed by atoms with Crippen molar-refractivity contribution < 1.29 is 13.5 Å². The third kappa shape index (κ3) is 2.14. The normalized spacial score (nSPS) is 41.1. The fraction of sp³-hybridized carbons (Fsp3) is 1.00. The summed E-state index contributed by atoms with van der Waals surface area (Å²) in [6, 6.07) is 0. The molecule has 2 bridgehead atoms. The predicted molar refractivity (Wildman–Crippen MR) is 64.1 cm³/mol. The van der Waals surface area contributed by atoms with Crippen molar-refractivity contribution in [3.05, 3.63) is 0 Å². The van der Waals surface area contributed by atoms with Gasteiger partial charge in [-0.1, -0.05) is 26.2 Å². The highest BCUT2D eigenvalue weighted by Crippen LogP contribution is 2.44. The van der Waals surface area contributed by atoms with Crippen molar-refractivity contribution in [3.8, 4) is 0 Å². The maximum absolute atomic E-state index is 11.9. The van der Waals surface area contributed by atoms with Crippen molar-refractivity contribution in [2.75, 3.05) is 0 Å². The van der Waals surface area contributed by atoms with Gasteiger partial charge in [-0.3, -0.25) is 0 Å². The van der Waals surface area contributed by atoms with Crippen LogP contribution in [0, 0.1) is 0 Å². The van der Waals surface area contributed by atoms with Crippen LogP contribution in [0.15, 0.2) is 0 Å². The van der Waals surface area contributed by atoms with Crippen molar-refractivity contribution in [2.45, 2.75) is 74.4 Å². The molecule has 1 N–H and O–H groups in total. The molecular weight excluding hydrogens is 224 g/mol. The molecule has 2 unspecified atom stereocenters. The molecule has 2 fully saturated rings. The molecule has 2 aliphatic heterocycles. The molecule has 0 radical (unpaired) electrons. The first-order chi connectivity index (χ1) is 7.48. The highest BCUT2D eigenvalue weighted by molar-refractivity contribution is 7.93. The van der Waals surface area contributed by atoms with E-state index < -0.39 is 15.4 Å². The van der Waals surface area contributed by atoms with E-state index in [9.17, 15) is 13.5 Å². The van der Waals surface area contributed by atoms with E-state index in [1.807, 2.05) is 0 Å². The highest BCUT2D eigenvalue weighted by Gasteiger charge is 2.51. The smallest absolute Gasteiger partial charge is 0.156 e. The number of sulfone groups is 1. The zero-order valence-electron chi connectivity index (χ0n) is 9.98. The molecule has 94 valence electrons. The van der Waals surface area contributed by atoms with Crippen LogP contribution in [0.2, 0.25) is 0 Å². The van der Waals surface area contributed by atoms with Crippen molar-refractivity contribution in [1.82, 2.24) is 0 Å². The van der Waals surface area contributed by atoms with Crippen molar-refractivity contribution in [2.24, 2.45) is 0 Å². The molecule has 0 spiro atoms. The number of fused-ring (bicyclic) bond motifs is 2. The van der Waals surface area contributed by atoms with E-state index in [4.69, 9.17) is 0 Å². The Balaban J connectivity index is 2.01. The average Bonchev–Trinajstić information content (AvgIpc) is 2.40. The summed E-state index contributed by atoms with van der Waals surface area (Å²) >= 11 is 0. The second-order valence-corrected chi connectivity index (χ2v) is 8.01. The van der Waals surface area contributed by atoms with E-state index in [1.54, 1.807) is 0 Å². The van der Waals surface area contributed by atoms with Crippen LogP contribution >= 0.6 is 0 Å². The molecule has 3 nitrogen and oxygen atoms in total. The Morgan fingerprint density at radius 3 is 2.25 bits per heavy atom. The summed E-state index contributed by atoms with van der Waals surface area (Å²) in [5, 5.41) is 9.94. The summed E-state index contributed by atoms with van der Waals surface area (Å²) in [6.45, 7) is 2.14. The Kier molecular flexibility index (Phi) is 3.32. The molecule has 0 saturated carbocycles. The molecule has 2 rings (SSSR count). The number of unbranched alkanes of at least 4 members (excludes halogenated alkanes) is 2. The molecule has 0 aliphatic carbocycles. The molecule has 0 amide bonds. The van der Waals surface area contributed by atoms with Gasteiger partial charge in [0.05, 0.1) is 16.1 Å². The Bertz CT molecular complexity index is 327. The van der Waals surface area contributed by atoms with Gasteiger partial charge >= 0.3 is 0 Å². The molecule has 2 heterocycles. The minimum absolute atomic E-state index is 0.252. The summed E-state index contributed by atoms with van der Waals surface area (Å²) < 4.78 is 23.8. The zero-order valence-corrected chi connectivity index (χ0v) is 10.8. The maximum Gasteiger partial charge on any atom is 0.156 e. The summed E-state index contributed by atoms with van der Waals surface area (Å²) in [6.07, 6.45) is 6.57. The molecule has 0 aromatic rings. The van der Waals surface area contributed by atoms with Crippen LogP contribution in [0.5, 0.6) is 0 Å². The minimum Gasteiger partial charge on any atom is -0.390 e. The lowest BCUT2D eigenvalue weighted by Gasteiger charge is -2.36. The molecule has 4 heteroatoms. The predicted octanol–water partition coefficient (Wildman–Crippen LogP) is 2.04. The molecule has 2 saturated heterocycles. The summed E-state index contributed by atoms with van der Waals surface area (Å²) in [5.74, 6) is 0. The number of hydrogen-bond acceptors (Lipinski definition) is 3. The van der Waals surface area contributed by atoms with Crippen LogP contribution in [-0.2, 0) is 9.84 Å². The quantitative estimate of drug-likeness (QED) is 0.772. The largest absolute Gasteiger partial charge is 0.390 e. The first-order valence-electron chi connectivity index (χ1n) is 6.43. The lowest BCUT2D eigenvalue weighted by molar-refractivity contribution is 0.0109. The van der Waals surface area contributed by atoms with Gasteiger partial charge in [-0.2, -0.15) is 0 Å². The van der Waals surface area contributed by atoms with E-state index in [0.717, 1.165) is 38.5 Å². The van der Waals surface area contributed by atoms with Gasteiger partial charge in [0.1, 0.15) is 0 Å². The first kappa shape index (κ1) is 12.4. The summed E-state index contributed by atoms with van der Waals surface area (Å²) in [5.41, 5.74) is -0.688. The third-order valence-corrected chi connectivity index (χ3v) is 6.86. The van der Waals surface area contributed by atoms with Crippen LogP contribution < -0.4 is 0 Å². The Morgan fingerprint density at radius 2 is 1.75 bits per heavy atom. The van der Waals surface area contributed by atoms with Gasteiger partial charge in [-0.25, -0.2) is 8.42 Å². The third-order valence-electron chi connectivity index (χ3n) is 4.20. The van der Waals surface area contributed by atoms with E-state index >= 15 is 0 Å². The molecule has 0 aromatic carbocycles. The molecule has 16 heavy (non-hydrogen) atoms. The first-order valence-corrected chi connectivity index (χ1v) is 8.04. The van der Waals surface area contributed by atoms with Crippen LogP contribution in [0.25, 0.3) is 0 Å². The number of hydrogen-bond donors (Lipinski definition) is 1. The van der Waals surface area contributed by atoms with Gasteiger partial charge in [0, 0.05) is 0 Å². The van der Waals surface area contributed by atoms with Crippen LogP contribution in [0.4, 0.5) is 0 Å². The molecule has 2 atom stereocenters. The van der Waals surface area contributed by atoms with E-state index in [1.165, 1.54) is 0 Å². The molecular formula is C12H22O3S. The zero-order chi connectivity index (χ0) is 11.8. The van der Waals surface area contributed by atoms with Crippen molar-refractivity contribution >= 4 is 9.84 Å². The minimum atomic E-state index is -2.89. The lowest BCUT2D eigenvalue weighted by Crippen LogP contribution is -2.44. The number of rotatable bonds is 4. The molecule has 2 aliphatic rings. The highest BCUT2D eigenvalue weighted by atomic mass is 32.2.